The van der Waals surface area contributed by atoms with Crippen LogP contribution in [0.5, 0.6) is 0 Å². The lowest BCUT2D eigenvalue weighted by Gasteiger charge is -2.05. The van der Waals surface area contributed by atoms with Gasteiger partial charge in [-0.05, 0) is 26.9 Å². The molecule has 78 valence electrons. The van der Waals surface area contributed by atoms with Crippen molar-refractivity contribution in [2.75, 3.05) is 20.1 Å². The molecule has 1 aliphatic heterocycles. The summed E-state index contributed by atoms with van der Waals surface area (Å²) >= 11 is 0. The normalized spacial score (nSPS) is 25.5. The summed E-state index contributed by atoms with van der Waals surface area (Å²) in [6.07, 6.45) is 1.09. The van der Waals surface area contributed by atoms with Crippen molar-refractivity contribution in [1.29, 1.82) is 0 Å². The molecule has 1 saturated heterocycles. The van der Waals surface area contributed by atoms with Gasteiger partial charge in [0.2, 0.25) is 5.89 Å². The van der Waals surface area contributed by atoms with Crippen LogP contribution in [0.3, 0.4) is 0 Å². The summed E-state index contributed by atoms with van der Waals surface area (Å²) in [5.74, 6) is 1.73. The summed E-state index contributed by atoms with van der Waals surface area (Å²) < 4.78 is 5.19. The molecule has 2 heterocycles. The number of aromatic nitrogens is 2. The van der Waals surface area contributed by atoms with Crippen molar-refractivity contribution in [3.63, 3.8) is 0 Å². The Balaban J connectivity index is 2.09. The lowest BCUT2D eigenvalue weighted by molar-refractivity contribution is 0.340. The van der Waals surface area contributed by atoms with Crippen LogP contribution in [0.15, 0.2) is 4.52 Å². The summed E-state index contributed by atoms with van der Waals surface area (Å²) in [7, 11) is 2.10. The van der Waals surface area contributed by atoms with Crippen LogP contribution in [0.25, 0.3) is 0 Å². The van der Waals surface area contributed by atoms with E-state index in [0.717, 1.165) is 25.4 Å². The first kappa shape index (κ1) is 9.61. The summed E-state index contributed by atoms with van der Waals surface area (Å²) in [5.41, 5.74) is 5.66. The molecule has 0 radical (unpaired) electrons. The molecule has 0 bridgehead atoms. The van der Waals surface area contributed by atoms with E-state index in [2.05, 4.69) is 22.1 Å². The zero-order valence-electron chi connectivity index (χ0n) is 8.60. The fourth-order valence-electron chi connectivity index (χ4n) is 1.73. The molecule has 0 aromatic carbocycles. The summed E-state index contributed by atoms with van der Waals surface area (Å²) in [6, 6.07) is -0.147. The van der Waals surface area contributed by atoms with Crippen LogP contribution in [0, 0.1) is 0 Å². The van der Waals surface area contributed by atoms with Crippen LogP contribution in [-0.4, -0.2) is 35.2 Å². The Morgan fingerprint density at radius 3 is 2.93 bits per heavy atom. The minimum absolute atomic E-state index is 0.147. The fourth-order valence-corrected chi connectivity index (χ4v) is 1.73. The van der Waals surface area contributed by atoms with Crippen molar-refractivity contribution >= 4 is 0 Å². The number of hydrogen-bond donors (Lipinski definition) is 1. The summed E-state index contributed by atoms with van der Waals surface area (Å²) in [4.78, 5) is 6.56. The van der Waals surface area contributed by atoms with Gasteiger partial charge in [-0.25, -0.2) is 0 Å². The average molecular weight is 196 g/mol. The predicted octanol–water partition coefficient (Wildman–Crippen LogP) is 0.508. The van der Waals surface area contributed by atoms with Crippen molar-refractivity contribution < 1.29 is 4.52 Å². The molecular formula is C9H16N4O. The van der Waals surface area contributed by atoms with Crippen LogP contribution in [0.2, 0.25) is 0 Å². The molecule has 1 aromatic heterocycles. The number of likely N-dealkylation sites (tertiary alicyclic amines) is 1. The van der Waals surface area contributed by atoms with Gasteiger partial charge in [-0.2, -0.15) is 4.98 Å². The summed E-state index contributed by atoms with van der Waals surface area (Å²) in [5, 5.41) is 3.86. The van der Waals surface area contributed by atoms with Crippen molar-refractivity contribution in [3.05, 3.63) is 11.7 Å². The molecular weight excluding hydrogens is 180 g/mol. The standard InChI is InChI=1S/C9H16N4O/c1-6(10)8-11-9(14-12-8)7-3-4-13(2)5-7/h6-7H,3-5,10H2,1-2H3. The average Bonchev–Trinajstić information content (AvgIpc) is 2.70. The molecule has 2 N–H and O–H groups in total. The number of rotatable bonds is 2. The quantitative estimate of drug-likeness (QED) is 0.746. The van der Waals surface area contributed by atoms with Crippen molar-refractivity contribution in [2.24, 2.45) is 5.73 Å². The minimum Gasteiger partial charge on any atom is -0.339 e. The molecule has 5 nitrogen and oxygen atoms in total. The Morgan fingerprint density at radius 1 is 1.64 bits per heavy atom. The number of hydrogen-bond acceptors (Lipinski definition) is 5. The van der Waals surface area contributed by atoms with Crippen LogP contribution in [0.1, 0.15) is 37.0 Å². The summed E-state index contributed by atoms with van der Waals surface area (Å²) in [6.45, 7) is 3.95. The highest BCUT2D eigenvalue weighted by Crippen LogP contribution is 2.25. The van der Waals surface area contributed by atoms with E-state index in [9.17, 15) is 0 Å². The van der Waals surface area contributed by atoms with E-state index in [-0.39, 0.29) is 6.04 Å². The smallest absolute Gasteiger partial charge is 0.231 e. The van der Waals surface area contributed by atoms with Crippen LogP contribution < -0.4 is 5.73 Å². The van der Waals surface area contributed by atoms with Gasteiger partial charge in [0.15, 0.2) is 5.82 Å². The van der Waals surface area contributed by atoms with Gasteiger partial charge in [0, 0.05) is 6.54 Å². The van der Waals surface area contributed by atoms with E-state index in [0.29, 0.717) is 11.7 Å². The highest BCUT2D eigenvalue weighted by molar-refractivity contribution is 5.00. The van der Waals surface area contributed by atoms with Gasteiger partial charge in [0.05, 0.1) is 12.0 Å². The Kier molecular flexibility index (Phi) is 2.52. The molecule has 1 aromatic rings. The highest BCUT2D eigenvalue weighted by atomic mass is 16.5. The minimum atomic E-state index is -0.147. The lowest BCUT2D eigenvalue weighted by Crippen LogP contribution is -2.13. The second kappa shape index (κ2) is 3.67. The molecule has 14 heavy (non-hydrogen) atoms. The molecule has 2 rings (SSSR count). The predicted molar refractivity (Wildman–Crippen MR) is 51.8 cm³/mol. The van der Waals surface area contributed by atoms with E-state index in [1.165, 1.54) is 0 Å². The lowest BCUT2D eigenvalue weighted by atomic mass is 10.1. The van der Waals surface area contributed by atoms with E-state index >= 15 is 0 Å². The van der Waals surface area contributed by atoms with E-state index in [1.54, 1.807) is 0 Å². The molecule has 0 aliphatic carbocycles. The van der Waals surface area contributed by atoms with Gasteiger partial charge in [0.25, 0.3) is 0 Å². The molecule has 2 atom stereocenters. The maximum Gasteiger partial charge on any atom is 0.231 e. The first-order chi connectivity index (χ1) is 6.66. The zero-order chi connectivity index (χ0) is 10.1. The van der Waals surface area contributed by atoms with Crippen molar-refractivity contribution in [2.45, 2.75) is 25.3 Å². The first-order valence-electron chi connectivity index (χ1n) is 4.94. The van der Waals surface area contributed by atoms with Gasteiger partial charge in [-0.1, -0.05) is 5.16 Å². The third-order valence-electron chi connectivity index (χ3n) is 2.61. The molecule has 0 saturated carbocycles. The van der Waals surface area contributed by atoms with Crippen molar-refractivity contribution in [1.82, 2.24) is 15.0 Å². The molecule has 0 spiro atoms. The number of nitrogens with two attached hydrogens (primary N) is 1. The Bertz CT molecular complexity index is 310. The second-order valence-corrected chi connectivity index (χ2v) is 4.03. The maximum atomic E-state index is 5.66. The van der Waals surface area contributed by atoms with E-state index in [1.807, 2.05) is 6.92 Å². The van der Waals surface area contributed by atoms with Crippen LogP contribution in [-0.2, 0) is 0 Å². The van der Waals surface area contributed by atoms with Crippen molar-refractivity contribution in [3.8, 4) is 0 Å². The Hall–Kier alpha value is -0.940. The molecule has 0 amide bonds. The van der Waals surface area contributed by atoms with Gasteiger partial charge in [0.1, 0.15) is 0 Å². The van der Waals surface area contributed by atoms with E-state index in [4.69, 9.17) is 10.3 Å². The second-order valence-electron chi connectivity index (χ2n) is 4.03. The number of likely N-dealkylation sites (N-methyl/N-ethyl adjacent to an activating group) is 1. The highest BCUT2D eigenvalue weighted by Gasteiger charge is 2.26. The van der Waals surface area contributed by atoms with Crippen LogP contribution >= 0.6 is 0 Å². The fraction of sp³-hybridized carbons (Fsp3) is 0.778. The van der Waals surface area contributed by atoms with Gasteiger partial charge in [-0.3, -0.25) is 0 Å². The Labute approximate surface area is 83.3 Å². The molecule has 1 aliphatic rings. The van der Waals surface area contributed by atoms with Crippen LogP contribution in [0.4, 0.5) is 0 Å². The van der Waals surface area contributed by atoms with Gasteiger partial charge in [-0.15, -0.1) is 0 Å². The topological polar surface area (TPSA) is 68.2 Å². The zero-order valence-corrected chi connectivity index (χ0v) is 8.60. The molecule has 1 fully saturated rings. The van der Waals surface area contributed by atoms with E-state index < -0.39 is 0 Å². The molecule has 5 heteroatoms. The van der Waals surface area contributed by atoms with Gasteiger partial charge >= 0.3 is 0 Å². The third-order valence-corrected chi connectivity index (χ3v) is 2.61. The number of nitrogens with zero attached hydrogens (tertiary/aromatic N) is 3. The maximum absolute atomic E-state index is 5.66. The molecule has 2 unspecified atom stereocenters. The van der Waals surface area contributed by atoms with Gasteiger partial charge < -0.3 is 15.2 Å². The monoisotopic (exact) mass is 196 g/mol. The largest absolute Gasteiger partial charge is 0.339 e. The first-order valence-corrected chi connectivity index (χ1v) is 4.94. The third kappa shape index (κ3) is 1.78. The Morgan fingerprint density at radius 2 is 2.43 bits per heavy atom. The SMILES string of the molecule is CC(N)c1noc(C2CCN(C)C2)n1.